The van der Waals surface area contributed by atoms with Gasteiger partial charge in [-0.3, -0.25) is 9.10 Å². The molecule has 1 aliphatic heterocycles. The van der Waals surface area contributed by atoms with Gasteiger partial charge in [-0.25, -0.2) is 12.8 Å². The number of carbonyl (C=O) groups excluding carboxylic acids is 1. The minimum Gasteiger partial charge on any atom is -0.322 e. The summed E-state index contributed by atoms with van der Waals surface area (Å²) in [5.74, 6) is -1.46. The van der Waals surface area contributed by atoms with Crippen LogP contribution in [0.4, 0.5) is 15.8 Å². The van der Waals surface area contributed by atoms with Gasteiger partial charge in [0.1, 0.15) is 5.82 Å². The normalized spacial score (nSPS) is 13.5. The second kappa shape index (κ2) is 8.51. The van der Waals surface area contributed by atoms with Crippen molar-refractivity contribution in [1.82, 2.24) is 0 Å². The highest BCUT2D eigenvalue weighted by atomic mass is 32.2. The second-order valence-corrected chi connectivity index (χ2v) is 9.28. The minimum atomic E-state index is -3.95. The van der Waals surface area contributed by atoms with Gasteiger partial charge in [0.25, 0.3) is 15.9 Å². The molecule has 160 valence electrons. The SMILES string of the molecule is CCc1ccccc1NC(=O)c1cc(S(=O)(=O)N2CCCc3ccccc32)ccc1F. The zero-order valence-corrected chi connectivity index (χ0v) is 18.0. The summed E-state index contributed by atoms with van der Waals surface area (Å²) in [6.07, 6.45) is 2.19. The van der Waals surface area contributed by atoms with Crippen LogP contribution in [0.2, 0.25) is 0 Å². The Kier molecular flexibility index (Phi) is 5.78. The van der Waals surface area contributed by atoms with Crippen LogP contribution >= 0.6 is 0 Å². The summed E-state index contributed by atoms with van der Waals surface area (Å²) in [4.78, 5) is 12.7. The summed E-state index contributed by atoms with van der Waals surface area (Å²) in [5.41, 5.74) is 2.75. The van der Waals surface area contributed by atoms with Crippen molar-refractivity contribution >= 4 is 27.3 Å². The lowest BCUT2D eigenvalue weighted by Crippen LogP contribution is -2.35. The van der Waals surface area contributed by atoms with Gasteiger partial charge in [0, 0.05) is 12.2 Å². The summed E-state index contributed by atoms with van der Waals surface area (Å²) in [5, 5.41) is 2.71. The number of benzene rings is 3. The van der Waals surface area contributed by atoms with Crippen LogP contribution in [-0.4, -0.2) is 20.9 Å². The number of nitrogens with zero attached hydrogens (tertiary/aromatic N) is 1. The van der Waals surface area contributed by atoms with Gasteiger partial charge in [0.15, 0.2) is 0 Å². The van der Waals surface area contributed by atoms with Gasteiger partial charge >= 0.3 is 0 Å². The zero-order valence-electron chi connectivity index (χ0n) is 17.1. The van der Waals surface area contributed by atoms with Crippen LogP contribution in [0.3, 0.4) is 0 Å². The smallest absolute Gasteiger partial charge is 0.264 e. The first kappa shape index (κ1) is 21.1. The van der Waals surface area contributed by atoms with Crippen molar-refractivity contribution in [3.05, 3.63) is 89.2 Å². The maximum absolute atomic E-state index is 14.5. The molecule has 0 aliphatic carbocycles. The predicted molar refractivity (Wildman–Crippen MR) is 119 cm³/mol. The van der Waals surface area contributed by atoms with Crippen molar-refractivity contribution in [3.8, 4) is 0 Å². The van der Waals surface area contributed by atoms with E-state index in [4.69, 9.17) is 0 Å². The Morgan fingerprint density at radius 2 is 1.81 bits per heavy atom. The number of rotatable bonds is 5. The number of sulfonamides is 1. The Hall–Kier alpha value is -3.19. The molecule has 7 heteroatoms. The van der Waals surface area contributed by atoms with Gasteiger partial charge in [-0.05, 0) is 60.7 Å². The van der Waals surface area contributed by atoms with Crippen molar-refractivity contribution in [3.63, 3.8) is 0 Å². The fraction of sp³-hybridized carbons (Fsp3) is 0.208. The van der Waals surface area contributed by atoms with Crippen LogP contribution < -0.4 is 9.62 Å². The largest absolute Gasteiger partial charge is 0.322 e. The predicted octanol–water partition coefficient (Wildman–Crippen LogP) is 4.78. The minimum absolute atomic E-state index is 0.112. The number of carbonyl (C=O) groups is 1. The monoisotopic (exact) mass is 438 g/mol. The molecule has 4 rings (SSSR count). The average molecular weight is 439 g/mol. The van der Waals surface area contributed by atoms with Crippen LogP contribution in [0.15, 0.2) is 71.6 Å². The third-order valence-corrected chi connectivity index (χ3v) is 7.29. The van der Waals surface area contributed by atoms with E-state index in [-0.39, 0.29) is 10.5 Å². The van der Waals surface area contributed by atoms with Crippen LogP contribution in [-0.2, 0) is 22.9 Å². The lowest BCUT2D eigenvalue weighted by atomic mass is 10.0. The molecule has 1 amide bonds. The molecule has 0 aromatic heterocycles. The van der Waals surface area contributed by atoms with Gasteiger partial charge in [0.05, 0.1) is 16.1 Å². The van der Waals surface area contributed by atoms with Gasteiger partial charge < -0.3 is 5.32 Å². The number of halogens is 1. The Morgan fingerprint density at radius 1 is 1.06 bits per heavy atom. The van der Waals surface area contributed by atoms with Crippen molar-refractivity contribution in [2.24, 2.45) is 0 Å². The lowest BCUT2D eigenvalue weighted by molar-refractivity contribution is 0.102. The molecule has 1 N–H and O–H groups in total. The molecule has 0 saturated heterocycles. The molecule has 0 radical (unpaired) electrons. The number of para-hydroxylation sites is 2. The molecule has 0 atom stereocenters. The number of fused-ring (bicyclic) bond motifs is 1. The van der Waals surface area contributed by atoms with Crippen molar-refractivity contribution < 1.29 is 17.6 Å². The van der Waals surface area contributed by atoms with Gasteiger partial charge in [-0.15, -0.1) is 0 Å². The second-order valence-electron chi connectivity index (χ2n) is 7.42. The molecule has 5 nitrogen and oxygen atoms in total. The third kappa shape index (κ3) is 4.05. The first-order chi connectivity index (χ1) is 14.9. The molecule has 0 saturated carbocycles. The Bertz CT molecular complexity index is 1240. The van der Waals surface area contributed by atoms with E-state index < -0.39 is 21.7 Å². The van der Waals surface area contributed by atoms with E-state index in [1.807, 2.05) is 31.2 Å². The summed E-state index contributed by atoms with van der Waals surface area (Å²) < 4.78 is 42.6. The van der Waals surface area contributed by atoms with Crippen molar-refractivity contribution in [2.75, 3.05) is 16.2 Å². The number of anilines is 2. The number of hydrogen-bond donors (Lipinski definition) is 1. The summed E-state index contributed by atoms with van der Waals surface area (Å²) in [6.45, 7) is 2.29. The molecule has 1 aliphatic rings. The van der Waals surface area contributed by atoms with Crippen molar-refractivity contribution in [1.29, 1.82) is 0 Å². The van der Waals surface area contributed by atoms with E-state index in [9.17, 15) is 17.6 Å². The zero-order chi connectivity index (χ0) is 22.0. The third-order valence-electron chi connectivity index (χ3n) is 5.48. The fourth-order valence-electron chi connectivity index (χ4n) is 3.86. The summed E-state index contributed by atoms with van der Waals surface area (Å²) in [6, 6.07) is 18.0. The molecule has 3 aromatic rings. The van der Waals surface area contributed by atoms with Gasteiger partial charge in [-0.1, -0.05) is 43.3 Å². The number of hydrogen-bond acceptors (Lipinski definition) is 3. The number of amides is 1. The highest BCUT2D eigenvalue weighted by molar-refractivity contribution is 7.92. The first-order valence-electron chi connectivity index (χ1n) is 10.2. The molecule has 0 bridgehead atoms. The van der Waals surface area contributed by atoms with Crippen LogP contribution in [0.5, 0.6) is 0 Å². The molecule has 0 unspecified atom stereocenters. The van der Waals surface area contributed by atoms with Crippen LogP contribution in [0.1, 0.15) is 34.8 Å². The fourth-order valence-corrected chi connectivity index (χ4v) is 5.42. The molecule has 3 aromatic carbocycles. The van der Waals surface area contributed by atoms with Crippen LogP contribution in [0, 0.1) is 5.82 Å². The Labute approximate surface area is 181 Å². The van der Waals surface area contributed by atoms with E-state index >= 15 is 0 Å². The standard InChI is InChI=1S/C24H23FN2O3S/c1-2-17-8-3-5-11-22(17)26-24(28)20-16-19(13-14-21(20)25)31(29,30)27-15-7-10-18-9-4-6-12-23(18)27/h3-6,8-9,11-14,16H,2,7,10,15H2,1H3,(H,26,28). The van der Waals surface area contributed by atoms with E-state index in [1.165, 1.54) is 10.4 Å². The van der Waals surface area contributed by atoms with E-state index in [2.05, 4.69) is 5.32 Å². The topological polar surface area (TPSA) is 66.5 Å². The average Bonchev–Trinajstić information content (AvgIpc) is 2.79. The van der Waals surface area contributed by atoms with Crippen LogP contribution in [0.25, 0.3) is 0 Å². The lowest BCUT2D eigenvalue weighted by Gasteiger charge is -2.30. The molecule has 0 fully saturated rings. The highest BCUT2D eigenvalue weighted by Gasteiger charge is 2.30. The molecular weight excluding hydrogens is 415 g/mol. The first-order valence-corrected chi connectivity index (χ1v) is 11.6. The summed E-state index contributed by atoms with van der Waals surface area (Å²) >= 11 is 0. The summed E-state index contributed by atoms with van der Waals surface area (Å²) in [7, 11) is -3.95. The quantitative estimate of drug-likeness (QED) is 0.623. The molecule has 31 heavy (non-hydrogen) atoms. The highest BCUT2D eigenvalue weighted by Crippen LogP contribution is 2.32. The van der Waals surface area contributed by atoms with Crippen molar-refractivity contribution in [2.45, 2.75) is 31.1 Å². The van der Waals surface area contributed by atoms with E-state index in [1.54, 1.807) is 24.3 Å². The van der Waals surface area contributed by atoms with E-state index in [0.29, 0.717) is 30.8 Å². The molecule has 0 spiro atoms. The Morgan fingerprint density at radius 3 is 2.61 bits per heavy atom. The molecular formula is C24H23FN2O3S. The molecule has 1 heterocycles. The maximum atomic E-state index is 14.5. The number of aryl methyl sites for hydroxylation is 2. The Balaban J connectivity index is 1.69. The van der Waals surface area contributed by atoms with Gasteiger partial charge in [0.2, 0.25) is 0 Å². The van der Waals surface area contributed by atoms with Gasteiger partial charge in [-0.2, -0.15) is 0 Å². The maximum Gasteiger partial charge on any atom is 0.264 e. The van der Waals surface area contributed by atoms with E-state index in [0.717, 1.165) is 29.7 Å². The number of nitrogens with one attached hydrogen (secondary N) is 1.